The minimum absolute atomic E-state index is 0.0881. The van der Waals surface area contributed by atoms with Crippen LogP contribution in [0, 0.1) is 5.82 Å². The standard InChI is InChI=1S/C32H33FN2O5/c1-38-26-12-8-13-27(19-26)40-31-16-7-4-10-24(31)21-35(18-17-29(34)32(36)37)20-23-9-3-6-15-30(23)39-22-25-11-2-5-14-28(25)33/h2-16,19,29H,17-18,20-22,34H2,1H3,(H,36,37). The largest absolute Gasteiger partial charge is 0.497 e. The third-order valence-corrected chi connectivity index (χ3v) is 6.42. The first-order valence-corrected chi connectivity index (χ1v) is 13.0. The molecule has 4 aromatic rings. The minimum atomic E-state index is -1.05. The lowest BCUT2D eigenvalue weighted by atomic mass is 10.1. The highest BCUT2D eigenvalue weighted by Crippen LogP contribution is 2.30. The Morgan fingerprint density at radius 3 is 2.12 bits per heavy atom. The molecule has 0 amide bonds. The molecule has 0 radical (unpaired) electrons. The van der Waals surface area contributed by atoms with E-state index in [1.807, 2.05) is 72.8 Å². The predicted octanol–water partition coefficient (Wildman–Crippen LogP) is 6.01. The van der Waals surface area contributed by atoms with Crippen molar-refractivity contribution in [2.75, 3.05) is 13.7 Å². The van der Waals surface area contributed by atoms with Crippen LogP contribution in [0.15, 0.2) is 97.1 Å². The fraction of sp³-hybridized carbons (Fsp3) is 0.219. The summed E-state index contributed by atoms with van der Waals surface area (Å²) in [6, 6.07) is 28.1. The number of hydrogen-bond acceptors (Lipinski definition) is 6. The fourth-order valence-corrected chi connectivity index (χ4v) is 4.21. The van der Waals surface area contributed by atoms with Gasteiger partial charge in [0, 0.05) is 42.4 Å². The average Bonchev–Trinajstić information content (AvgIpc) is 2.97. The molecule has 0 aliphatic rings. The number of benzene rings is 4. The number of ether oxygens (including phenoxy) is 3. The van der Waals surface area contributed by atoms with E-state index >= 15 is 0 Å². The molecule has 8 heteroatoms. The molecular formula is C32H33FN2O5. The Bertz CT molecular complexity index is 1410. The monoisotopic (exact) mass is 544 g/mol. The van der Waals surface area contributed by atoms with Gasteiger partial charge < -0.3 is 25.1 Å². The Balaban J connectivity index is 1.55. The van der Waals surface area contributed by atoms with Crippen molar-refractivity contribution in [2.45, 2.75) is 32.2 Å². The van der Waals surface area contributed by atoms with Crippen molar-refractivity contribution in [3.8, 4) is 23.0 Å². The van der Waals surface area contributed by atoms with Gasteiger partial charge in [0.2, 0.25) is 0 Å². The Morgan fingerprint density at radius 1 is 0.850 bits per heavy atom. The van der Waals surface area contributed by atoms with Gasteiger partial charge in [0.1, 0.15) is 41.5 Å². The lowest BCUT2D eigenvalue weighted by Crippen LogP contribution is -2.35. The number of nitrogens with two attached hydrogens (primary N) is 1. The van der Waals surface area contributed by atoms with Gasteiger partial charge in [0.05, 0.1) is 7.11 Å². The van der Waals surface area contributed by atoms with Crippen LogP contribution in [-0.2, 0) is 24.5 Å². The number of hydrogen-bond donors (Lipinski definition) is 2. The molecule has 0 aliphatic carbocycles. The first-order valence-electron chi connectivity index (χ1n) is 13.0. The lowest BCUT2D eigenvalue weighted by Gasteiger charge is -2.25. The van der Waals surface area contributed by atoms with E-state index in [1.165, 1.54) is 6.07 Å². The molecular weight excluding hydrogens is 511 g/mol. The molecule has 0 spiro atoms. The summed E-state index contributed by atoms with van der Waals surface area (Å²) >= 11 is 0. The SMILES string of the molecule is COc1cccc(Oc2ccccc2CN(CCC(N)C(=O)O)Cc2ccccc2OCc2ccccc2F)c1. The molecule has 0 fully saturated rings. The van der Waals surface area contributed by atoms with Gasteiger partial charge in [-0.2, -0.15) is 0 Å². The molecule has 1 atom stereocenters. The van der Waals surface area contributed by atoms with E-state index in [-0.39, 0.29) is 18.8 Å². The summed E-state index contributed by atoms with van der Waals surface area (Å²) in [6.45, 7) is 1.43. The predicted molar refractivity (Wildman–Crippen MR) is 151 cm³/mol. The molecule has 208 valence electrons. The van der Waals surface area contributed by atoms with Gasteiger partial charge >= 0.3 is 5.97 Å². The van der Waals surface area contributed by atoms with Crippen LogP contribution >= 0.6 is 0 Å². The zero-order chi connectivity index (χ0) is 28.3. The van der Waals surface area contributed by atoms with E-state index in [2.05, 4.69) is 4.90 Å². The fourth-order valence-electron chi connectivity index (χ4n) is 4.21. The zero-order valence-corrected chi connectivity index (χ0v) is 22.3. The van der Waals surface area contributed by atoms with E-state index in [1.54, 1.807) is 25.3 Å². The van der Waals surface area contributed by atoms with Crippen molar-refractivity contribution >= 4 is 5.97 Å². The summed E-state index contributed by atoms with van der Waals surface area (Å²) in [5.41, 5.74) is 8.11. The normalized spacial score (nSPS) is 11.7. The number of halogens is 1. The van der Waals surface area contributed by atoms with Crippen LogP contribution in [0.5, 0.6) is 23.0 Å². The Labute approximate surface area is 233 Å². The van der Waals surface area contributed by atoms with Gasteiger partial charge in [-0.3, -0.25) is 9.69 Å². The van der Waals surface area contributed by atoms with Crippen molar-refractivity contribution < 1.29 is 28.5 Å². The second-order valence-corrected chi connectivity index (χ2v) is 9.32. The van der Waals surface area contributed by atoms with E-state index in [0.717, 1.165) is 11.1 Å². The van der Waals surface area contributed by atoms with E-state index < -0.39 is 12.0 Å². The van der Waals surface area contributed by atoms with Gasteiger partial charge in [-0.25, -0.2) is 4.39 Å². The number of para-hydroxylation sites is 2. The topological polar surface area (TPSA) is 94.2 Å². The molecule has 3 N–H and O–H groups in total. The number of nitrogens with zero attached hydrogens (tertiary/aromatic N) is 1. The third-order valence-electron chi connectivity index (χ3n) is 6.42. The van der Waals surface area contributed by atoms with E-state index in [9.17, 15) is 14.3 Å². The Hall–Kier alpha value is -4.40. The quantitative estimate of drug-likeness (QED) is 0.201. The van der Waals surface area contributed by atoms with Crippen molar-refractivity contribution in [1.29, 1.82) is 0 Å². The lowest BCUT2D eigenvalue weighted by molar-refractivity contribution is -0.138. The molecule has 0 saturated heterocycles. The van der Waals surface area contributed by atoms with Crippen molar-refractivity contribution in [3.05, 3.63) is 120 Å². The number of methoxy groups -OCH3 is 1. The first kappa shape index (κ1) is 28.6. The second-order valence-electron chi connectivity index (χ2n) is 9.32. The van der Waals surface area contributed by atoms with Crippen LogP contribution in [0.4, 0.5) is 4.39 Å². The highest BCUT2D eigenvalue weighted by Gasteiger charge is 2.18. The van der Waals surface area contributed by atoms with Crippen molar-refractivity contribution in [2.24, 2.45) is 5.73 Å². The van der Waals surface area contributed by atoms with Gasteiger partial charge in [0.15, 0.2) is 0 Å². The summed E-state index contributed by atoms with van der Waals surface area (Å²) in [4.78, 5) is 13.5. The number of rotatable bonds is 14. The van der Waals surface area contributed by atoms with Crippen LogP contribution in [0.2, 0.25) is 0 Å². The Kier molecular flexibility index (Phi) is 10.1. The minimum Gasteiger partial charge on any atom is -0.497 e. The highest BCUT2D eigenvalue weighted by molar-refractivity contribution is 5.73. The number of carbonyl (C=O) groups is 1. The van der Waals surface area contributed by atoms with Crippen molar-refractivity contribution in [1.82, 2.24) is 4.90 Å². The van der Waals surface area contributed by atoms with Gasteiger partial charge in [0.25, 0.3) is 0 Å². The maximum atomic E-state index is 14.2. The maximum absolute atomic E-state index is 14.2. The smallest absolute Gasteiger partial charge is 0.320 e. The Morgan fingerprint density at radius 2 is 1.45 bits per heavy atom. The highest BCUT2D eigenvalue weighted by atomic mass is 19.1. The summed E-state index contributed by atoms with van der Waals surface area (Å²) in [5, 5.41) is 9.35. The number of aliphatic carboxylic acids is 1. The van der Waals surface area contributed by atoms with E-state index in [0.29, 0.717) is 48.2 Å². The number of carboxylic acids is 1. The van der Waals surface area contributed by atoms with Crippen LogP contribution in [0.1, 0.15) is 23.1 Å². The van der Waals surface area contributed by atoms with Crippen LogP contribution < -0.4 is 19.9 Å². The summed E-state index contributed by atoms with van der Waals surface area (Å²) in [7, 11) is 1.60. The zero-order valence-electron chi connectivity index (χ0n) is 22.3. The molecule has 7 nitrogen and oxygen atoms in total. The molecule has 0 saturated carbocycles. The van der Waals surface area contributed by atoms with Gasteiger partial charge in [-0.1, -0.05) is 60.7 Å². The maximum Gasteiger partial charge on any atom is 0.320 e. The van der Waals surface area contributed by atoms with Crippen LogP contribution in [0.25, 0.3) is 0 Å². The van der Waals surface area contributed by atoms with Gasteiger partial charge in [-0.15, -0.1) is 0 Å². The molecule has 40 heavy (non-hydrogen) atoms. The average molecular weight is 545 g/mol. The van der Waals surface area contributed by atoms with E-state index in [4.69, 9.17) is 19.9 Å². The first-order chi connectivity index (χ1) is 19.4. The molecule has 1 unspecified atom stereocenters. The summed E-state index contributed by atoms with van der Waals surface area (Å²) in [5.74, 6) is 1.25. The molecule has 0 heterocycles. The van der Waals surface area contributed by atoms with Crippen LogP contribution in [0.3, 0.4) is 0 Å². The molecule has 0 aromatic heterocycles. The third kappa shape index (κ3) is 8.05. The molecule has 0 aliphatic heterocycles. The van der Waals surface area contributed by atoms with Gasteiger partial charge in [-0.05, 0) is 36.8 Å². The van der Waals surface area contributed by atoms with Crippen molar-refractivity contribution in [3.63, 3.8) is 0 Å². The summed E-state index contributed by atoms with van der Waals surface area (Å²) in [6.07, 6.45) is 0.256. The number of carboxylic acid groups (broad SMARTS) is 1. The summed E-state index contributed by atoms with van der Waals surface area (Å²) < 4.78 is 31.7. The second kappa shape index (κ2) is 14.1. The van der Waals surface area contributed by atoms with Crippen LogP contribution in [-0.4, -0.2) is 35.7 Å². The molecule has 4 rings (SSSR count). The molecule has 0 bridgehead atoms. The molecule has 4 aromatic carbocycles.